The van der Waals surface area contributed by atoms with Crippen molar-refractivity contribution in [1.82, 2.24) is 0 Å². The predicted octanol–water partition coefficient (Wildman–Crippen LogP) is 2.92. The van der Waals surface area contributed by atoms with Crippen LogP contribution in [0.5, 0.6) is 0 Å². The fraction of sp³-hybridized carbons (Fsp3) is 0.913. The summed E-state index contributed by atoms with van der Waals surface area (Å²) < 4.78 is 42.1. The Hall–Kier alpha value is -1.76. The van der Waals surface area contributed by atoms with Gasteiger partial charge in [-0.05, 0) is 86.4 Å². The van der Waals surface area contributed by atoms with Crippen LogP contribution in [0, 0.1) is 50.2 Å². The molecule has 2 bridgehead atoms. The molecule has 0 aromatic heterocycles. The van der Waals surface area contributed by atoms with E-state index < -0.39 is 103 Å². The lowest BCUT2D eigenvalue weighted by molar-refractivity contribution is -0.368. The van der Waals surface area contributed by atoms with Gasteiger partial charge in [0.05, 0.1) is 37.1 Å². The van der Waals surface area contributed by atoms with Crippen LogP contribution < -0.4 is 0 Å². The summed E-state index contributed by atoms with van der Waals surface area (Å²) in [4.78, 5) is 23.5. The highest BCUT2D eigenvalue weighted by atomic mass is 16.7. The van der Waals surface area contributed by atoms with Gasteiger partial charge in [-0.15, -0.1) is 0 Å². The molecule has 0 radical (unpaired) electrons. The molecule has 3 aliphatic heterocycles. The summed E-state index contributed by atoms with van der Waals surface area (Å²) in [5.74, 6) is -1.04. The summed E-state index contributed by atoms with van der Waals surface area (Å²) in [5, 5.41) is 68.7. The van der Waals surface area contributed by atoms with Crippen molar-refractivity contribution >= 4 is 11.9 Å². The Balaban J connectivity index is 1.02. The molecule has 6 N–H and O–H groups in total. The number of carbonyl (C=O) groups excluding carboxylic acids is 2. The van der Waals surface area contributed by atoms with Gasteiger partial charge in [-0.2, -0.15) is 0 Å². The lowest BCUT2D eigenvalue weighted by Crippen LogP contribution is -2.72. The normalized spacial score (nSPS) is 54.7. The second kappa shape index (κ2) is 15.4. The first-order chi connectivity index (χ1) is 28.4. The summed E-state index contributed by atoms with van der Waals surface area (Å²) in [5.41, 5.74) is -2.06. The summed E-state index contributed by atoms with van der Waals surface area (Å²) in [6.45, 7) is 17.8. The quantitative estimate of drug-likeness (QED) is 0.117. The van der Waals surface area contributed by atoms with Crippen molar-refractivity contribution in [2.24, 2.45) is 50.2 Å². The molecule has 0 aromatic rings. The lowest BCUT2D eigenvalue weighted by atomic mass is 9.32. The van der Waals surface area contributed by atoms with Crippen molar-refractivity contribution in [3.05, 3.63) is 12.2 Å². The monoisotopic (exact) mass is 864 g/mol. The Labute approximate surface area is 359 Å². The maximum Gasteiger partial charge on any atom is 0.303 e. The number of hydrogen-bond donors (Lipinski definition) is 6. The third-order valence-electron chi connectivity index (χ3n) is 18.5. The number of aliphatic hydroxyl groups is 6. The number of carbonyl (C=O) groups is 2. The van der Waals surface area contributed by atoms with E-state index in [1.54, 1.807) is 6.92 Å². The molecule has 5 aliphatic carbocycles. The average Bonchev–Trinajstić information content (AvgIpc) is 3.46. The molecule has 0 aromatic carbocycles. The first kappa shape index (κ1) is 45.8. The highest BCUT2D eigenvalue weighted by Gasteiger charge is 2.79. The molecule has 61 heavy (non-hydrogen) atoms. The first-order valence-corrected chi connectivity index (χ1v) is 22.7. The highest BCUT2D eigenvalue weighted by molar-refractivity contribution is 5.66. The van der Waals surface area contributed by atoms with Gasteiger partial charge in [-0.3, -0.25) is 9.59 Å². The zero-order valence-corrected chi connectivity index (χ0v) is 37.5. The zero-order valence-electron chi connectivity index (χ0n) is 37.5. The van der Waals surface area contributed by atoms with Gasteiger partial charge in [0.2, 0.25) is 0 Å². The van der Waals surface area contributed by atoms with E-state index in [4.69, 9.17) is 33.2 Å². The molecule has 4 saturated carbocycles. The summed E-state index contributed by atoms with van der Waals surface area (Å²) in [6.07, 6.45) is -3.90. The molecule has 15 nitrogen and oxygen atoms in total. The molecule has 0 unspecified atom stereocenters. The van der Waals surface area contributed by atoms with E-state index in [1.807, 2.05) is 0 Å². The second-order valence-corrected chi connectivity index (χ2v) is 22.2. The molecular formula is C46H72O15. The molecule has 346 valence electrons. The van der Waals surface area contributed by atoms with Crippen molar-refractivity contribution in [2.75, 3.05) is 19.8 Å². The van der Waals surface area contributed by atoms with Crippen molar-refractivity contribution in [3.63, 3.8) is 0 Å². The van der Waals surface area contributed by atoms with Crippen LogP contribution in [0.2, 0.25) is 0 Å². The molecular weight excluding hydrogens is 792 g/mol. The standard InChI is InChI=1S/C46H72O15/c1-23-32(51)37(61-38-34(53)33(52)36(58-25(3)49)26(59-38)20-55-24(2)48)35(54)39(57-23)60-31-12-13-41(6)27(42(31,7)21-47)10-14-43(8)28(41)11-15-46-29-18-40(4,5)16-17-45(29,22-56-46)30(50)19-44(43,46)9/h11,15,23,26-39,47,50-54H,10,12-14,16-22H2,1-9H3/t23-,26-,27-,28-,29+,30-,31+,32+,33-,34-,35-,36-,37+,38+,39+,41+,42+,43-,44+,45-,46+/m1/s1. The zero-order chi connectivity index (χ0) is 44.5. The Bertz CT molecular complexity index is 1720. The minimum Gasteiger partial charge on any atom is -0.463 e. The molecule has 21 atom stereocenters. The van der Waals surface area contributed by atoms with Gasteiger partial charge in [0.1, 0.15) is 43.2 Å². The number of allylic oxidation sites excluding steroid dienone is 1. The number of fused-ring (bicyclic) bond motifs is 4. The van der Waals surface area contributed by atoms with E-state index in [9.17, 15) is 40.2 Å². The van der Waals surface area contributed by atoms with Crippen LogP contribution in [-0.2, 0) is 42.7 Å². The number of aliphatic hydroxyl groups excluding tert-OH is 6. The van der Waals surface area contributed by atoms with Crippen LogP contribution in [0.15, 0.2) is 12.2 Å². The summed E-state index contributed by atoms with van der Waals surface area (Å²) >= 11 is 0. The maximum atomic E-state index is 12.2. The molecule has 8 rings (SSSR count). The highest BCUT2D eigenvalue weighted by Crippen LogP contribution is 2.79. The van der Waals surface area contributed by atoms with Crippen LogP contribution in [0.1, 0.15) is 114 Å². The van der Waals surface area contributed by atoms with Crippen molar-refractivity contribution in [3.8, 4) is 0 Å². The van der Waals surface area contributed by atoms with Crippen LogP contribution in [0.25, 0.3) is 0 Å². The van der Waals surface area contributed by atoms with E-state index in [1.165, 1.54) is 6.92 Å². The SMILES string of the molecule is CC(=O)OC[C@H]1O[C@@H](O[C@H]2[C@@H](O)[C@@H](C)O[C@@H](O[C@H]3CC[C@@]4(C)[C@@H](CC[C@]5(C)[C@@H]4C=C[C@]46OC[C@@]7(CCC(C)(C)C[C@@H]74)[C@H](O)C[C@]65C)[C@]3(C)CO)[C@@H]2O)[C@H](O)[C@@H](O)[C@@H]1OC(C)=O. The maximum absolute atomic E-state index is 12.2. The van der Waals surface area contributed by atoms with E-state index in [-0.39, 0.29) is 51.4 Å². The molecule has 0 amide bonds. The fourth-order valence-corrected chi connectivity index (χ4v) is 14.8. The summed E-state index contributed by atoms with van der Waals surface area (Å²) in [6, 6.07) is 0. The minimum absolute atomic E-state index is 0.0113. The largest absolute Gasteiger partial charge is 0.463 e. The lowest BCUT2D eigenvalue weighted by Gasteiger charge is -2.73. The number of hydrogen-bond acceptors (Lipinski definition) is 15. The van der Waals surface area contributed by atoms with E-state index >= 15 is 0 Å². The Morgan fingerprint density at radius 2 is 1.48 bits per heavy atom. The third kappa shape index (κ3) is 6.67. The van der Waals surface area contributed by atoms with Gasteiger partial charge < -0.3 is 63.8 Å². The van der Waals surface area contributed by atoms with Crippen LogP contribution in [0.4, 0.5) is 0 Å². The van der Waals surface area contributed by atoms with E-state index in [2.05, 4.69) is 53.7 Å². The third-order valence-corrected chi connectivity index (χ3v) is 18.5. The van der Waals surface area contributed by atoms with Crippen LogP contribution in [0.3, 0.4) is 0 Å². The smallest absolute Gasteiger partial charge is 0.303 e. The second-order valence-electron chi connectivity index (χ2n) is 22.2. The van der Waals surface area contributed by atoms with E-state index in [0.717, 1.165) is 45.4 Å². The Kier molecular flexibility index (Phi) is 11.6. The molecule has 7 fully saturated rings. The van der Waals surface area contributed by atoms with Gasteiger partial charge in [0, 0.05) is 36.0 Å². The predicted molar refractivity (Wildman–Crippen MR) is 216 cm³/mol. The minimum atomic E-state index is -1.79. The Morgan fingerprint density at radius 1 is 0.770 bits per heavy atom. The van der Waals surface area contributed by atoms with E-state index in [0.29, 0.717) is 19.4 Å². The van der Waals surface area contributed by atoms with Crippen LogP contribution >= 0.6 is 0 Å². The van der Waals surface area contributed by atoms with Crippen LogP contribution in [-0.4, -0.2) is 142 Å². The molecule has 3 heterocycles. The number of ether oxygens (including phenoxy) is 7. The molecule has 15 heteroatoms. The van der Waals surface area contributed by atoms with Gasteiger partial charge in [-0.1, -0.05) is 53.7 Å². The number of esters is 2. The average molecular weight is 865 g/mol. The fourth-order valence-electron chi connectivity index (χ4n) is 14.8. The molecule has 3 saturated heterocycles. The first-order valence-electron chi connectivity index (χ1n) is 22.7. The Morgan fingerprint density at radius 3 is 2.15 bits per heavy atom. The summed E-state index contributed by atoms with van der Waals surface area (Å²) in [7, 11) is 0. The molecule has 8 aliphatic rings. The van der Waals surface area contributed by atoms with Gasteiger partial charge in [0.15, 0.2) is 18.7 Å². The van der Waals surface area contributed by atoms with Crippen molar-refractivity contribution in [1.29, 1.82) is 0 Å². The topological polar surface area (TPSA) is 220 Å². The van der Waals surface area contributed by atoms with Crippen molar-refractivity contribution < 1.29 is 73.4 Å². The van der Waals surface area contributed by atoms with Gasteiger partial charge in [0.25, 0.3) is 0 Å². The molecule has 1 spiro atoms. The number of rotatable bonds is 8. The van der Waals surface area contributed by atoms with Gasteiger partial charge in [-0.25, -0.2) is 0 Å². The van der Waals surface area contributed by atoms with Gasteiger partial charge >= 0.3 is 11.9 Å². The van der Waals surface area contributed by atoms with Crippen molar-refractivity contribution in [2.45, 2.75) is 193 Å².